The van der Waals surface area contributed by atoms with Gasteiger partial charge in [-0.1, -0.05) is 41.1 Å². The van der Waals surface area contributed by atoms with Crippen molar-refractivity contribution in [2.75, 3.05) is 24.2 Å². The fourth-order valence-electron chi connectivity index (χ4n) is 2.96. The largest absolute Gasteiger partial charge is 0.302 e. The van der Waals surface area contributed by atoms with Gasteiger partial charge in [0.2, 0.25) is 5.91 Å². The van der Waals surface area contributed by atoms with E-state index in [1.54, 1.807) is 24.3 Å². The minimum atomic E-state index is -3.93. The summed E-state index contributed by atoms with van der Waals surface area (Å²) in [7, 11) is -7.51. The zero-order valence-electron chi connectivity index (χ0n) is 14.8. The Labute approximate surface area is 172 Å². The van der Waals surface area contributed by atoms with Crippen LogP contribution in [0, 0.1) is 0 Å². The van der Waals surface area contributed by atoms with Gasteiger partial charge in [0.25, 0.3) is 10.0 Å². The monoisotopic (exact) mass is 463 g/mol. The molecule has 1 aromatic heterocycles. The number of hydrogen-bond donors (Lipinski definition) is 1. The van der Waals surface area contributed by atoms with E-state index in [0.717, 1.165) is 21.8 Å². The van der Waals surface area contributed by atoms with E-state index in [1.807, 2.05) is 0 Å². The van der Waals surface area contributed by atoms with E-state index in [2.05, 4.69) is 10.3 Å². The summed E-state index contributed by atoms with van der Waals surface area (Å²) >= 11 is 6.99. The van der Waals surface area contributed by atoms with Crippen molar-refractivity contribution in [1.82, 2.24) is 9.29 Å². The molecule has 1 aliphatic rings. The Balaban J connectivity index is 1.87. The van der Waals surface area contributed by atoms with E-state index >= 15 is 0 Å². The number of thiazole rings is 1. The van der Waals surface area contributed by atoms with Crippen molar-refractivity contribution in [3.63, 3.8) is 0 Å². The van der Waals surface area contributed by atoms with Crippen molar-refractivity contribution in [2.24, 2.45) is 0 Å². The summed E-state index contributed by atoms with van der Waals surface area (Å²) in [6.45, 7) is 1.17. The zero-order chi connectivity index (χ0) is 20.5. The van der Waals surface area contributed by atoms with Crippen LogP contribution in [0.25, 0.3) is 0 Å². The van der Waals surface area contributed by atoms with Crippen LogP contribution in [0.5, 0.6) is 0 Å². The smallest absolute Gasteiger partial charge is 0.254 e. The number of halogens is 1. The van der Waals surface area contributed by atoms with Crippen LogP contribution < -0.4 is 5.32 Å². The van der Waals surface area contributed by atoms with Crippen molar-refractivity contribution in [3.05, 3.63) is 41.0 Å². The Bertz CT molecular complexity index is 1100. The van der Waals surface area contributed by atoms with Crippen LogP contribution in [-0.2, 0) is 24.7 Å². The minimum Gasteiger partial charge on any atom is -0.302 e. The predicted molar refractivity (Wildman–Crippen MR) is 108 cm³/mol. The molecule has 2 aromatic rings. The number of carbonyl (C=O) groups excluding carboxylic acids is 1. The van der Waals surface area contributed by atoms with Crippen LogP contribution in [0.3, 0.4) is 0 Å². The molecule has 1 fully saturated rings. The first-order valence-corrected chi connectivity index (χ1v) is 12.7. The molecule has 1 aromatic carbocycles. The van der Waals surface area contributed by atoms with Crippen molar-refractivity contribution in [3.8, 4) is 0 Å². The van der Waals surface area contributed by atoms with E-state index in [0.29, 0.717) is 10.6 Å². The van der Waals surface area contributed by atoms with E-state index in [4.69, 9.17) is 11.6 Å². The first kappa shape index (κ1) is 21.2. The van der Waals surface area contributed by atoms with Crippen LogP contribution in [0.15, 0.2) is 34.7 Å². The number of benzene rings is 1. The molecule has 0 aliphatic carbocycles. The summed E-state index contributed by atoms with van der Waals surface area (Å²) < 4.78 is 52.4. The number of sulfonamides is 1. The maximum atomic E-state index is 12.9. The molecule has 12 heteroatoms. The number of aromatic nitrogens is 1. The molecule has 1 saturated heterocycles. The molecule has 28 heavy (non-hydrogen) atoms. The number of carbonyl (C=O) groups is 1. The summed E-state index contributed by atoms with van der Waals surface area (Å²) in [5.41, 5.74) is 0.481. The molecule has 1 unspecified atom stereocenters. The lowest BCUT2D eigenvalue weighted by Crippen LogP contribution is -2.33. The van der Waals surface area contributed by atoms with Crippen molar-refractivity contribution >= 4 is 53.8 Å². The van der Waals surface area contributed by atoms with Crippen molar-refractivity contribution < 1.29 is 21.6 Å². The molecule has 1 amide bonds. The van der Waals surface area contributed by atoms with E-state index in [1.165, 1.54) is 6.92 Å². The van der Waals surface area contributed by atoms with Crippen molar-refractivity contribution in [1.29, 1.82) is 0 Å². The fraction of sp³-hybridized carbons (Fsp3) is 0.375. The summed E-state index contributed by atoms with van der Waals surface area (Å²) in [4.78, 5) is 15.0. The van der Waals surface area contributed by atoms with Gasteiger partial charge in [0.05, 0.1) is 17.2 Å². The molecule has 0 saturated carbocycles. The fourth-order valence-corrected chi connectivity index (χ4v) is 7.92. The van der Waals surface area contributed by atoms with Gasteiger partial charge >= 0.3 is 0 Å². The number of anilines is 1. The number of rotatable bonds is 4. The minimum absolute atomic E-state index is 0.0326. The maximum absolute atomic E-state index is 12.9. The highest BCUT2D eigenvalue weighted by atomic mass is 35.5. The standard InChI is InChI=1S/C16H18ClN3O5S3/c1-11(21)19-16-18-10-15(26-16)28(24,25)20-7-6-14(27(22,23)9-8-20)12-4-2-3-5-13(12)17/h2-5,10,14H,6-9H2,1H3,(H,18,19,21). The number of hydrogen-bond acceptors (Lipinski definition) is 7. The number of nitrogens with zero attached hydrogens (tertiary/aromatic N) is 2. The summed E-state index contributed by atoms with van der Waals surface area (Å²) in [5.74, 6) is -0.666. The molecule has 2 heterocycles. The quantitative estimate of drug-likeness (QED) is 0.744. The second kappa shape index (κ2) is 8.07. The lowest BCUT2D eigenvalue weighted by molar-refractivity contribution is -0.114. The Morgan fingerprint density at radius 3 is 2.71 bits per heavy atom. The molecule has 152 valence electrons. The molecule has 0 bridgehead atoms. The molecule has 8 nitrogen and oxygen atoms in total. The van der Waals surface area contributed by atoms with Crippen LogP contribution in [0.4, 0.5) is 5.13 Å². The van der Waals surface area contributed by atoms with Gasteiger partial charge in [0, 0.05) is 25.0 Å². The average Bonchev–Trinajstić information content (AvgIpc) is 3.00. The Morgan fingerprint density at radius 1 is 1.32 bits per heavy atom. The third-order valence-electron chi connectivity index (χ3n) is 4.31. The Morgan fingerprint density at radius 2 is 2.04 bits per heavy atom. The molecule has 1 aliphatic heterocycles. The third-order valence-corrected chi connectivity index (χ3v) is 10.0. The molecule has 0 radical (unpaired) electrons. The van der Waals surface area contributed by atoms with Gasteiger partial charge in [0.1, 0.15) is 0 Å². The Hall–Kier alpha value is -1.53. The highest BCUT2D eigenvalue weighted by Crippen LogP contribution is 2.35. The lowest BCUT2D eigenvalue weighted by Gasteiger charge is -2.18. The molecular weight excluding hydrogens is 446 g/mol. The second-order valence-electron chi connectivity index (χ2n) is 6.24. The second-order valence-corrected chi connectivity index (χ2v) is 12.1. The van der Waals surface area contributed by atoms with Gasteiger partial charge in [-0.15, -0.1) is 0 Å². The molecule has 1 atom stereocenters. The number of amides is 1. The van der Waals surface area contributed by atoms with Crippen LogP contribution in [0.1, 0.15) is 24.2 Å². The van der Waals surface area contributed by atoms with Crippen LogP contribution >= 0.6 is 22.9 Å². The Kier molecular flexibility index (Phi) is 6.11. The SMILES string of the molecule is CC(=O)Nc1ncc(S(=O)(=O)N2CCC(c3ccccc3Cl)S(=O)(=O)CC2)s1. The van der Waals surface area contributed by atoms with Crippen LogP contribution in [-0.4, -0.2) is 50.9 Å². The van der Waals surface area contributed by atoms with Gasteiger partial charge in [-0.3, -0.25) is 4.79 Å². The average molecular weight is 464 g/mol. The van der Waals surface area contributed by atoms with Gasteiger partial charge in [0.15, 0.2) is 19.2 Å². The highest BCUT2D eigenvalue weighted by Gasteiger charge is 2.37. The summed E-state index contributed by atoms with van der Waals surface area (Å²) in [6, 6.07) is 6.68. The number of sulfone groups is 1. The molecule has 0 spiro atoms. The number of nitrogens with one attached hydrogen (secondary N) is 1. The van der Waals surface area contributed by atoms with E-state index < -0.39 is 25.1 Å². The van der Waals surface area contributed by atoms with E-state index in [9.17, 15) is 21.6 Å². The van der Waals surface area contributed by atoms with Gasteiger partial charge in [-0.05, 0) is 18.1 Å². The lowest BCUT2D eigenvalue weighted by atomic mass is 10.1. The summed E-state index contributed by atoms with van der Waals surface area (Å²) in [6.07, 6.45) is 1.26. The maximum Gasteiger partial charge on any atom is 0.254 e. The van der Waals surface area contributed by atoms with E-state index in [-0.39, 0.29) is 40.5 Å². The molecule has 1 N–H and O–H groups in total. The predicted octanol–water partition coefficient (Wildman–Crippen LogP) is 2.31. The summed E-state index contributed by atoms with van der Waals surface area (Å²) in [5, 5.41) is 2.08. The normalized spacial score (nSPS) is 20.4. The van der Waals surface area contributed by atoms with Gasteiger partial charge in [-0.2, -0.15) is 4.31 Å². The zero-order valence-corrected chi connectivity index (χ0v) is 18.0. The third kappa shape index (κ3) is 4.38. The van der Waals surface area contributed by atoms with Crippen LogP contribution in [0.2, 0.25) is 5.02 Å². The van der Waals surface area contributed by atoms with Gasteiger partial charge < -0.3 is 5.32 Å². The topological polar surface area (TPSA) is 114 Å². The highest BCUT2D eigenvalue weighted by molar-refractivity contribution is 7.92. The first-order chi connectivity index (χ1) is 13.1. The molecule has 3 rings (SSSR count). The van der Waals surface area contributed by atoms with Crippen molar-refractivity contribution in [2.45, 2.75) is 22.8 Å². The first-order valence-electron chi connectivity index (χ1n) is 8.31. The van der Waals surface area contributed by atoms with Gasteiger partial charge in [-0.25, -0.2) is 21.8 Å². The molecular formula is C16H18ClN3O5S3.